The maximum atomic E-state index is 12.1. The van der Waals surface area contributed by atoms with Gasteiger partial charge in [-0.2, -0.15) is 8.42 Å². The first kappa shape index (κ1) is 18.3. The van der Waals surface area contributed by atoms with Gasteiger partial charge in [-0.25, -0.2) is 0 Å². The van der Waals surface area contributed by atoms with Crippen LogP contribution in [0.3, 0.4) is 0 Å². The second-order valence-corrected chi connectivity index (χ2v) is 6.92. The van der Waals surface area contributed by atoms with Gasteiger partial charge in [0.25, 0.3) is 10.1 Å². The molecule has 5 atom stereocenters. The second kappa shape index (κ2) is 7.22. The van der Waals surface area contributed by atoms with Crippen molar-refractivity contribution in [2.45, 2.75) is 42.5 Å². The highest BCUT2D eigenvalue weighted by atomic mass is 32.2. The Morgan fingerprint density at radius 1 is 1.09 bits per heavy atom. The lowest BCUT2D eigenvalue weighted by Gasteiger charge is -2.39. The topological polar surface area (TPSA) is 123 Å². The molecule has 0 amide bonds. The van der Waals surface area contributed by atoms with Crippen molar-refractivity contribution < 1.29 is 37.4 Å². The lowest BCUT2D eigenvalue weighted by Crippen LogP contribution is -2.59. The van der Waals surface area contributed by atoms with E-state index in [9.17, 15) is 23.7 Å². The molecule has 0 bridgehead atoms. The molecule has 0 saturated carbocycles. The van der Waals surface area contributed by atoms with Gasteiger partial charge >= 0.3 is 0 Å². The molecule has 1 heterocycles. The van der Waals surface area contributed by atoms with Crippen LogP contribution in [0.4, 0.5) is 0 Å². The van der Waals surface area contributed by atoms with Crippen LogP contribution in [0.25, 0.3) is 0 Å². The summed E-state index contributed by atoms with van der Waals surface area (Å²) >= 11 is 0. The van der Waals surface area contributed by atoms with Crippen molar-refractivity contribution in [3.63, 3.8) is 0 Å². The Labute approximate surface area is 134 Å². The standard InChI is InChI=1S/C14H20O8S/c1-8-3-5-9(6-4-8)23(18,19)21-7-10-11(15)12(16)13(17)14(20-2)22-10/h3-6,10-17H,7H2,1-2H3/t10-,11+,12-,13-,14-/m0/s1. The predicted molar refractivity (Wildman–Crippen MR) is 78.0 cm³/mol. The lowest BCUT2D eigenvalue weighted by molar-refractivity contribution is -0.293. The minimum Gasteiger partial charge on any atom is -0.387 e. The third-order valence-electron chi connectivity index (χ3n) is 3.60. The van der Waals surface area contributed by atoms with Crippen LogP contribution in [-0.2, 0) is 23.8 Å². The molecule has 8 nitrogen and oxygen atoms in total. The number of aliphatic hydroxyl groups excluding tert-OH is 3. The smallest absolute Gasteiger partial charge is 0.297 e. The number of rotatable bonds is 5. The summed E-state index contributed by atoms with van der Waals surface area (Å²) in [5.74, 6) is 0. The summed E-state index contributed by atoms with van der Waals surface area (Å²) in [4.78, 5) is -0.0303. The van der Waals surface area contributed by atoms with Crippen molar-refractivity contribution in [3.05, 3.63) is 29.8 Å². The maximum Gasteiger partial charge on any atom is 0.297 e. The first-order valence-corrected chi connectivity index (χ1v) is 8.35. The van der Waals surface area contributed by atoms with Crippen molar-refractivity contribution in [1.29, 1.82) is 0 Å². The monoisotopic (exact) mass is 348 g/mol. The Morgan fingerprint density at radius 2 is 1.70 bits per heavy atom. The molecule has 1 aromatic rings. The molecule has 1 aromatic carbocycles. The van der Waals surface area contributed by atoms with Gasteiger partial charge in [0.05, 0.1) is 11.5 Å². The van der Waals surface area contributed by atoms with Crippen LogP contribution in [0, 0.1) is 6.92 Å². The van der Waals surface area contributed by atoms with E-state index in [4.69, 9.17) is 13.7 Å². The minimum atomic E-state index is -4.03. The van der Waals surface area contributed by atoms with Crippen LogP contribution in [-0.4, -0.2) is 68.2 Å². The fourth-order valence-corrected chi connectivity index (χ4v) is 3.10. The van der Waals surface area contributed by atoms with Crippen molar-refractivity contribution in [1.82, 2.24) is 0 Å². The van der Waals surface area contributed by atoms with E-state index in [1.165, 1.54) is 19.2 Å². The van der Waals surface area contributed by atoms with E-state index in [2.05, 4.69) is 0 Å². The minimum absolute atomic E-state index is 0.0303. The van der Waals surface area contributed by atoms with E-state index in [-0.39, 0.29) is 4.90 Å². The zero-order valence-corrected chi connectivity index (χ0v) is 13.5. The summed E-state index contributed by atoms with van der Waals surface area (Å²) in [5, 5.41) is 29.2. The fraction of sp³-hybridized carbons (Fsp3) is 0.571. The Kier molecular flexibility index (Phi) is 5.74. The summed E-state index contributed by atoms with van der Waals surface area (Å²) in [7, 11) is -2.78. The molecule has 130 valence electrons. The van der Waals surface area contributed by atoms with Crippen LogP contribution >= 0.6 is 0 Å². The molecule has 1 fully saturated rings. The van der Waals surface area contributed by atoms with Gasteiger partial charge in [0.15, 0.2) is 6.29 Å². The van der Waals surface area contributed by atoms with Gasteiger partial charge in [-0.3, -0.25) is 4.18 Å². The van der Waals surface area contributed by atoms with Gasteiger partial charge in [0, 0.05) is 7.11 Å². The Bertz CT molecular complexity index is 612. The Hall–Kier alpha value is -1.07. The van der Waals surface area contributed by atoms with Gasteiger partial charge in [0.1, 0.15) is 24.4 Å². The van der Waals surface area contributed by atoms with Crippen LogP contribution < -0.4 is 0 Å². The number of aliphatic hydroxyl groups is 3. The molecule has 23 heavy (non-hydrogen) atoms. The molecule has 2 rings (SSSR count). The molecule has 1 aliphatic heterocycles. The van der Waals surface area contributed by atoms with E-state index in [1.807, 2.05) is 6.92 Å². The molecule has 9 heteroatoms. The Morgan fingerprint density at radius 3 is 2.26 bits per heavy atom. The highest BCUT2D eigenvalue weighted by Gasteiger charge is 2.44. The fourth-order valence-electron chi connectivity index (χ4n) is 2.18. The highest BCUT2D eigenvalue weighted by molar-refractivity contribution is 7.86. The summed E-state index contributed by atoms with van der Waals surface area (Å²) in [6.07, 6.45) is -6.85. The lowest BCUT2D eigenvalue weighted by atomic mass is 9.99. The molecule has 3 N–H and O–H groups in total. The first-order valence-electron chi connectivity index (χ1n) is 6.95. The van der Waals surface area contributed by atoms with Crippen molar-refractivity contribution in [2.24, 2.45) is 0 Å². The molecule has 1 saturated heterocycles. The summed E-state index contributed by atoms with van der Waals surface area (Å²) in [6, 6.07) is 6.06. The van der Waals surface area contributed by atoms with E-state index in [0.29, 0.717) is 0 Å². The van der Waals surface area contributed by atoms with Crippen molar-refractivity contribution >= 4 is 10.1 Å². The van der Waals surface area contributed by atoms with Gasteiger partial charge in [0.2, 0.25) is 0 Å². The third kappa shape index (κ3) is 4.07. The number of aryl methyl sites for hydroxylation is 1. The average Bonchev–Trinajstić information content (AvgIpc) is 2.52. The Balaban J connectivity index is 2.05. The third-order valence-corrected chi connectivity index (χ3v) is 4.89. The molecule has 0 radical (unpaired) electrons. The molecule has 0 aliphatic carbocycles. The van der Waals surface area contributed by atoms with Gasteiger partial charge in [-0.15, -0.1) is 0 Å². The van der Waals surface area contributed by atoms with E-state index < -0.39 is 47.4 Å². The number of ether oxygens (including phenoxy) is 2. The number of hydrogen-bond acceptors (Lipinski definition) is 8. The van der Waals surface area contributed by atoms with E-state index in [0.717, 1.165) is 5.56 Å². The quantitative estimate of drug-likeness (QED) is 0.589. The molecule has 0 aromatic heterocycles. The number of hydrogen-bond donors (Lipinski definition) is 3. The summed E-state index contributed by atoms with van der Waals surface area (Å²) in [6.45, 7) is 1.29. The van der Waals surface area contributed by atoms with Gasteiger partial charge < -0.3 is 24.8 Å². The molecular formula is C14H20O8S. The maximum absolute atomic E-state index is 12.1. The van der Waals surface area contributed by atoms with Gasteiger partial charge in [-0.1, -0.05) is 17.7 Å². The zero-order chi connectivity index (χ0) is 17.2. The summed E-state index contributed by atoms with van der Waals surface area (Å²) in [5.41, 5.74) is 0.898. The molecule has 1 aliphatic rings. The largest absolute Gasteiger partial charge is 0.387 e. The molecule has 0 unspecified atom stereocenters. The van der Waals surface area contributed by atoms with Crippen LogP contribution in [0.1, 0.15) is 5.56 Å². The van der Waals surface area contributed by atoms with Crippen molar-refractivity contribution in [2.75, 3.05) is 13.7 Å². The van der Waals surface area contributed by atoms with Crippen LogP contribution in [0.5, 0.6) is 0 Å². The number of benzene rings is 1. The van der Waals surface area contributed by atoms with Crippen molar-refractivity contribution in [3.8, 4) is 0 Å². The van der Waals surface area contributed by atoms with E-state index >= 15 is 0 Å². The number of methoxy groups -OCH3 is 1. The summed E-state index contributed by atoms with van der Waals surface area (Å²) < 4.78 is 39.1. The van der Waals surface area contributed by atoms with E-state index in [1.54, 1.807) is 12.1 Å². The second-order valence-electron chi connectivity index (χ2n) is 5.30. The average molecular weight is 348 g/mol. The normalized spacial score (nSPS) is 32.0. The van der Waals surface area contributed by atoms with Crippen LogP contribution in [0.2, 0.25) is 0 Å². The molecular weight excluding hydrogens is 328 g/mol. The van der Waals surface area contributed by atoms with Gasteiger partial charge in [-0.05, 0) is 19.1 Å². The first-order chi connectivity index (χ1) is 10.8. The van der Waals surface area contributed by atoms with Crippen LogP contribution in [0.15, 0.2) is 29.2 Å². The highest BCUT2D eigenvalue weighted by Crippen LogP contribution is 2.23. The predicted octanol–water partition coefficient (Wildman–Crippen LogP) is -0.846. The zero-order valence-electron chi connectivity index (χ0n) is 12.7. The molecule has 0 spiro atoms. The SMILES string of the molecule is CO[C@H]1O[C@@H](COS(=O)(=O)c2ccc(C)cc2)[C@@H](O)[C@H](O)[C@@H]1O.